The van der Waals surface area contributed by atoms with E-state index in [2.05, 4.69) is 10.6 Å². The summed E-state index contributed by atoms with van der Waals surface area (Å²) in [4.78, 5) is 60.6. The molecule has 1 fully saturated rings. The molecule has 0 bridgehead atoms. The van der Waals surface area contributed by atoms with Crippen LogP contribution in [0.5, 0.6) is 0 Å². The third kappa shape index (κ3) is 5.77. The highest BCUT2D eigenvalue weighted by Gasteiger charge is 2.37. The number of carbonyl (C=O) groups is 5. The summed E-state index contributed by atoms with van der Waals surface area (Å²) in [5.41, 5.74) is 6.44. The molecule has 0 spiro atoms. The van der Waals surface area contributed by atoms with Gasteiger partial charge < -0.3 is 31.2 Å². The number of carboxylic acids is 1. The molecule has 156 valence electrons. The minimum Gasteiger partial charge on any atom is -0.481 e. The molecule has 10 heteroatoms. The smallest absolute Gasteiger partial charge is 0.305 e. The van der Waals surface area contributed by atoms with Crippen LogP contribution in [0.15, 0.2) is 24.3 Å². The number of aldehydes is 1. The number of rotatable bonds is 8. The van der Waals surface area contributed by atoms with Crippen LogP contribution < -0.4 is 16.4 Å². The largest absolute Gasteiger partial charge is 0.481 e. The van der Waals surface area contributed by atoms with E-state index in [1.54, 1.807) is 12.1 Å². The lowest BCUT2D eigenvalue weighted by Gasteiger charge is -2.27. The van der Waals surface area contributed by atoms with Crippen LogP contribution in [0.3, 0.4) is 0 Å². The van der Waals surface area contributed by atoms with Gasteiger partial charge in [-0.3, -0.25) is 19.2 Å². The van der Waals surface area contributed by atoms with Gasteiger partial charge in [-0.2, -0.15) is 0 Å². The average molecular weight is 404 g/mol. The summed E-state index contributed by atoms with van der Waals surface area (Å²) >= 11 is 0. The van der Waals surface area contributed by atoms with Crippen molar-refractivity contribution in [2.75, 3.05) is 12.3 Å². The van der Waals surface area contributed by atoms with Crippen molar-refractivity contribution in [2.45, 2.75) is 44.3 Å². The Hall–Kier alpha value is -3.43. The van der Waals surface area contributed by atoms with Gasteiger partial charge in [0.25, 0.3) is 5.91 Å². The van der Waals surface area contributed by atoms with Crippen molar-refractivity contribution in [1.82, 2.24) is 15.5 Å². The summed E-state index contributed by atoms with van der Waals surface area (Å²) < 4.78 is 0. The summed E-state index contributed by atoms with van der Waals surface area (Å²) in [6, 6.07) is 3.35. The van der Waals surface area contributed by atoms with Gasteiger partial charge in [0, 0.05) is 17.8 Å². The van der Waals surface area contributed by atoms with Crippen molar-refractivity contribution >= 4 is 35.7 Å². The predicted octanol–water partition coefficient (Wildman–Crippen LogP) is -0.463. The molecule has 1 aliphatic rings. The second-order valence-corrected chi connectivity index (χ2v) is 6.86. The molecular weight excluding hydrogens is 380 g/mol. The minimum atomic E-state index is -1.22. The quantitative estimate of drug-likeness (QED) is 0.337. The number of hydrogen-bond acceptors (Lipinski definition) is 6. The van der Waals surface area contributed by atoms with E-state index in [0.717, 1.165) is 0 Å². The molecule has 5 N–H and O–H groups in total. The number of carboxylic acid groups (broad SMARTS) is 1. The molecule has 1 aromatic rings. The van der Waals surface area contributed by atoms with Crippen LogP contribution in [0.4, 0.5) is 5.69 Å². The van der Waals surface area contributed by atoms with Gasteiger partial charge in [-0.15, -0.1) is 0 Å². The fourth-order valence-electron chi connectivity index (χ4n) is 3.13. The molecule has 1 aromatic carbocycles. The van der Waals surface area contributed by atoms with Crippen LogP contribution in [0.2, 0.25) is 0 Å². The van der Waals surface area contributed by atoms with E-state index in [9.17, 15) is 24.0 Å². The lowest BCUT2D eigenvalue weighted by atomic mass is 10.1. The van der Waals surface area contributed by atoms with Crippen LogP contribution in [0.1, 0.15) is 36.5 Å². The number of aliphatic carboxylic acids is 1. The van der Waals surface area contributed by atoms with Gasteiger partial charge in [-0.1, -0.05) is 0 Å². The van der Waals surface area contributed by atoms with Crippen molar-refractivity contribution < 1.29 is 29.1 Å². The van der Waals surface area contributed by atoms with Gasteiger partial charge in [0.15, 0.2) is 0 Å². The molecular formula is C19H24N4O6. The number of carbonyl (C=O) groups excluding carboxylic acids is 4. The van der Waals surface area contributed by atoms with Gasteiger partial charge in [0.1, 0.15) is 18.4 Å². The first-order chi connectivity index (χ1) is 13.7. The third-order valence-electron chi connectivity index (χ3n) is 4.62. The fourth-order valence-corrected chi connectivity index (χ4v) is 3.13. The van der Waals surface area contributed by atoms with Crippen molar-refractivity contribution in [3.05, 3.63) is 29.8 Å². The Labute approximate surface area is 167 Å². The molecule has 0 unspecified atom stereocenters. The number of nitrogens with one attached hydrogen (secondary N) is 2. The molecule has 1 aliphatic heterocycles. The van der Waals surface area contributed by atoms with Gasteiger partial charge in [0.2, 0.25) is 11.8 Å². The van der Waals surface area contributed by atoms with Crippen LogP contribution in [0, 0.1) is 0 Å². The first-order valence-electron chi connectivity index (χ1n) is 9.17. The molecule has 29 heavy (non-hydrogen) atoms. The maximum atomic E-state index is 12.8. The summed E-state index contributed by atoms with van der Waals surface area (Å²) in [5.74, 6) is -2.70. The normalized spacial score (nSPS) is 17.8. The highest BCUT2D eigenvalue weighted by atomic mass is 16.4. The molecule has 3 atom stereocenters. The molecule has 1 saturated heterocycles. The Morgan fingerprint density at radius 1 is 1.24 bits per heavy atom. The first kappa shape index (κ1) is 21.9. The van der Waals surface area contributed by atoms with Gasteiger partial charge in [-0.25, -0.2) is 0 Å². The molecule has 1 heterocycles. The number of likely N-dealkylation sites (tertiary alicyclic amines) is 1. The molecule has 0 saturated carbocycles. The number of nitrogens with zero attached hydrogens (tertiary/aromatic N) is 1. The lowest BCUT2D eigenvalue weighted by Crippen LogP contribution is -2.54. The lowest BCUT2D eigenvalue weighted by molar-refractivity contribution is -0.141. The third-order valence-corrected chi connectivity index (χ3v) is 4.62. The standard InChI is InChI=1S/C19H24N4O6/c1-11(21-17(27)12-4-6-13(20)7-5-12)19(29)23-8-2-3-15(23)18(28)22-14(10-24)9-16(25)26/h4-7,10-11,14-15H,2-3,8-9,20H2,1H3,(H,21,27)(H,22,28)(H,25,26)/t11-,14-,15-/m0/s1. The molecule has 2 rings (SSSR count). The second-order valence-electron chi connectivity index (χ2n) is 6.86. The molecule has 3 amide bonds. The van der Waals surface area contributed by atoms with Crippen LogP contribution >= 0.6 is 0 Å². The van der Waals surface area contributed by atoms with E-state index in [4.69, 9.17) is 10.8 Å². The Bertz CT molecular complexity index is 794. The van der Waals surface area contributed by atoms with Crippen LogP contribution in [0.25, 0.3) is 0 Å². The van der Waals surface area contributed by atoms with E-state index < -0.39 is 48.2 Å². The number of anilines is 1. The predicted molar refractivity (Wildman–Crippen MR) is 103 cm³/mol. The highest BCUT2D eigenvalue weighted by Crippen LogP contribution is 2.19. The zero-order chi connectivity index (χ0) is 21.6. The van der Waals surface area contributed by atoms with Crippen LogP contribution in [-0.2, 0) is 19.2 Å². The van der Waals surface area contributed by atoms with E-state index in [1.165, 1.54) is 24.0 Å². The van der Waals surface area contributed by atoms with Crippen molar-refractivity contribution in [1.29, 1.82) is 0 Å². The zero-order valence-electron chi connectivity index (χ0n) is 16.0. The van der Waals surface area contributed by atoms with Gasteiger partial charge in [0.05, 0.1) is 12.5 Å². The van der Waals surface area contributed by atoms with E-state index in [0.29, 0.717) is 36.9 Å². The summed E-state index contributed by atoms with van der Waals surface area (Å²) in [5, 5.41) is 13.7. The van der Waals surface area contributed by atoms with Gasteiger partial charge in [-0.05, 0) is 44.0 Å². The topological polar surface area (TPSA) is 159 Å². The number of amides is 3. The molecule has 10 nitrogen and oxygen atoms in total. The van der Waals surface area contributed by atoms with Crippen LogP contribution in [-0.4, -0.2) is 64.7 Å². The number of hydrogen-bond donors (Lipinski definition) is 4. The number of nitrogen functional groups attached to an aromatic ring is 1. The molecule has 0 aliphatic carbocycles. The first-order valence-corrected chi connectivity index (χ1v) is 9.17. The van der Waals surface area contributed by atoms with Crippen molar-refractivity contribution in [2.24, 2.45) is 0 Å². The van der Waals surface area contributed by atoms with Gasteiger partial charge >= 0.3 is 5.97 Å². The maximum Gasteiger partial charge on any atom is 0.305 e. The summed E-state index contributed by atoms with van der Waals surface area (Å²) in [6.45, 7) is 1.84. The molecule has 0 aromatic heterocycles. The summed E-state index contributed by atoms with van der Waals surface area (Å²) in [6.07, 6.45) is 0.772. The Kier molecular flexibility index (Phi) is 7.29. The zero-order valence-corrected chi connectivity index (χ0v) is 16.0. The fraction of sp³-hybridized carbons (Fsp3) is 0.421. The Morgan fingerprint density at radius 2 is 1.90 bits per heavy atom. The monoisotopic (exact) mass is 404 g/mol. The minimum absolute atomic E-state index is 0.323. The van der Waals surface area contributed by atoms with Crippen molar-refractivity contribution in [3.63, 3.8) is 0 Å². The number of benzene rings is 1. The highest BCUT2D eigenvalue weighted by molar-refractivity contribution is 5.98. The van der Waals surface area contributed by atoms with E-state index >= 15 is 0 Å². The Morgan fingerprint density at radius 3 is 2.48 bits per heavy atom. The number of nitrogens with two attached hydrogens (primary N) is 1. The molecule has 0 radical (unpaired) electrons. The second kappa shape index (κ2) is 9.67. The van der Waals surface area contributed by atoms with E-state index in [1.807, 2.05) is 0 Å². The van der Waals surface area contributed by atoms with E-state index in [-0.39, 0.29) is 0 Å². The Balaban J connectivity index is 1.99. The van der Waals surface area contributed by atoms with Crippen molar-refractivity contribution in [3.8, 4) is 0 Å². The average Bonchev–Trinajstić information content (AvgIpc) is 3.16. The summed E-state index contributed by atoms with van der Waals surface area (Å²) in [7, 11) is 0. The SMILES string of the molecule is C[C@H](NC(=O)c1ccc(N)cc1)C(=O)N1CCC[C@H]1C(=O)N[C@H](C=O)CC(=O)O. The maximum absolute atomic E-state index is 12.8.